The van der Waals surface area contributed by atoms with E-state index in [0.29, 0.717) is 24.7 Å². The minimum Gasteiger partial charge on any atom is -0.469 e. The number of carbonyl (C=O) groups is 2. The molecule has 1 unspecified atom stereocenters. The summed E-state index contributed by atoms with van der Waals surface area (Å²) in [5, 5.41) is 8.00. The molecule has 1 atom stereocenters. The van der Waals surface area contributed by atoms with Crippen molar-refractivity contribution in [3.8, 4) is 11.3 Å². The molecule has 1 aromatic carbocycles. The van der Waals surface area contributed by atoms with Crippen LogP contribution >= 0.6 is 11.6 Å². The second-order valence-corrected chi connectivity index (χ2v) is 6.68. The Morgan fingerprint density at radius 2 is 2.27 bits per heavy atom. The molecule has 1 aliphatic heterocycles. The number of hydrogen-bond donors (Lipinski definition) is 1. The van der Waals surface area contributed by atoms with Gasteiger partial charge in [0, 0.05) is 49.0 Å². The zero-order chi connectivity index (χ0) is 18.7. The predicted molar refractivity (Wildman–Crippen MR) is 97.5 cm³/mol. The lowest BCUT2D eigenvalue weighted by atomic mass is 10.0. The summed E-state index contributed by atoms with van der Waals surface area (Å²) < 4.78 is 6.47. The molecule has 138 valence electrons. The number of aromatic nitrogens is 2. The highest BCUT2D eigenvalue weighted by molar-refractivity contribution is 6.30. The number of ether oxygens (including phenoxy) is 1. The number of rotatable bonds is 5. The van der Waals surface area contributed by atoms with Crippen LogP contribution < -0.4 is 5.32 Å². The van der Waals surface area contributed by atoms with E-state index >= 15 is 0 Å². The van der Waals surface area contributed by atoms with Crippen LogP contribution in [0.1, 0.15) is 12.0 Å². The van der Waals surface area contributed by atoms with Crippen molar-refractivity contribution in [2.45, 2.75) is 19.0 Å². The average molecular weight is 377 g/mol. The van der Waals surface area contributed by atoms with Crippen molar-refractivity contribution >= 4 is 23.5 Å². The number of aryl methyl sites for hydroxylation is 1. The van der Waals surface area contributed by atoms with Gasteiger partial charge in [-0.1, -0.05) is 23.7 Å². The Morgan fingerprint density at radius 3 is 3.00 bits per heavy atom. The van der Waals surface area contributed by atoms with Crippen LogP contribution in [0.15, 0.2) is 30.5 Å². The Kier molecular flexibility index (Phi) is 5.58. The highest BCUT2D eigenvalue weighted by Gasteiger charge is 2.32. The Bertz CT molecular complexity index is 821. The summed E-state index contributed by atoms with van der Waals surface area (Å²) in [6.45, 7) is 1.70. The van der Waals surface area contributed by atoms with E-state index in [9.17, 15) is 9.59 Å². The molecule has 0 radical (unpaired) electrons. The molecule has 0 aliphatic carbocycles. The van der Waals surface area contributed by atoms with Gasteiger partial charge in [-0.2, -0.15) is 5.10 Å². The molecule has 2 aromatic rings. The van der Waals surface area contributed by atoms with Crippen molar-refractivity contribution < 1.29 is 14.3 Å². The predicted octanol–water partition coefficient (Wildman–Crippen LogP) is 1.60. The lowest BCUT2D eigenvalue weighted by Crippen LogP contribution is -2.55. The van der Waals surface area contributed by atoms with Crippen LogP contribution in [0.3, 0.4) is 0 Å². The third-order valence-electron chi connectivity index (χ3n) is 4.41. The molecule has 1 amide bonds. The largest absolute Gasteiger partial charge is 0.469 e. The molecule has 3 rings (SSSR count). The van der Waals surface area contributed by atoms with E-state index in [4.69, 9.17) is 16.3 Å². The Balaban J connectivity index is 1.87. The van der Waals surface area contributed by atoms with E-state index in [1.807, 2.05) is 42.4 Å². The quantitative estimate of drug-likeness (QED) is 0.802. The molecule has 1 aliphatic rings. The van der Waals surface area contributed by atoms with E-state index in [2.05, 4.69) is 10.4 Å². The van der Waals surface area contributed by atoms with Gasteiger partial charge in [0.05, 0.1) is 19.2 Å². The van der Waals surface area contributed by atoms with E-state index < -0.39 is 12.0 Å². The monoisotopic (exact) mass is 376 g/mol. The van der Waals surface area contributed by atoms with Crippen molar-refractivity contribution in [3.05, 3.63) is 41.0 Å². The normalized spacial score (nSPS) is 17.8. The van der Waals surface area contributed by atoms with Crippen LogP contribution in [0.2, 0.25) is 5.02 Å². The molecular weight excluding hydrogens is 356 g/mol. The standard InChI is InChI=1S/C18H21ClN4O3/c1-22-10-13(17(21-22)12-4-3-5-14(19)8-12)11-23-7-6-20-18(25)15(23)9-16(24)26-2/h3-5,8,10,15H,6-7,9,11H2,1-2H3,(H,20,25). The Labute approximate surface area is 156 Å². The number of methoxy groups -OCH3 is 1. The van der Waals surface area contributed by atoms with E-state index in [1.165, 1.54) is 7.11 Å². The van der Waals surface area contributed by atoms with Crippen molar-refractivity contribution in [3.63, 3.8) is 0 Å². The summed E-state index contributed by atoms with van der Waals surface area (Å²) in [5.41, 5.74) is 2.70. The summed E-state index contributed by atoms with van der Waals surface area (Å²) in [4.78, 5) is 25.9. The van der Waals surface area contributed by atoms with E-state index in [-0.39, 0.29) is 12.3 Å². The summed E-state index contributed by atoms with van der Waals surface area (Å²) in [5.74, 6) is -0.562. The van der Waals surface area contributed by atoms with Crippen molar-refractivity contribution in [1.29, 1.82) is 0 Å². The lowest BCUT2D eigenvalue weighted by Gasteiger charge is -2.34. The number of piperazine rings is 1. The van der Waals surface area contributed by atoms with Gasteiger partial charge in [-0.25, -0.2) is 0 Å². The summed E-state index contributed by atoms with van der Waals surface area (Å²) >= 11 is 6.11. The molecule has 8 heteroatoms. The first kappa shape index (κ1) is 18.4. The lowest BCUT2D eigenvalue weighted by molar-refractivity contribution is -0.146. The molecule has 1 aromatic heterocycles. The maximum atomic E-state index is 12.3. The third-order valence-corrected chi connectivity index (χ3v) is 4.64. The fraction of sp³-hybridized carbons (Fsp3) is 0.389. The number of benzene rings is 1. The van der Waals surface area contributed by atoms with Crippen molar-refractivity contribution in [2.24, 2.45) is 7.05 Å². The van der Waals surface area contributed by atoms with Crippen LogP contribution in [-0.4, -0.2) is 52.8 Å². The first-order valence-electron chi connectivity index (χ1n) is 8.35. The van der Waals surface area contributed by atoms with E-state index in [1.54, 1.807) is 4.68 Å². The van der Waals surface area contributed by atoms with Gasteiger partial charge in [-0.15, -0.1) is 0 Å². The average Bonchev–Trinajstić information content (AvgIpc) is 2.98. The highest BCUT2D eigenvalue weighted by Crippen LogP contribution is 2.26. The SMILES string of the molecule is COC(=O)CC1C(=O)NCCN1Cc1cn(C)nc1-c1cccc(Cl)c1. The van der Waals surface area contributed by atoms with Gasteiger partial charge in [0.2, 0.25) is 5.91 Å². The first-order valence-corrected chi connectivity index (χ1v) is 8.72. The highest BCUT2D eigenvalue weighted by atomic mass is 35.5. The van der Waals surface area contributed by atoms with Gasteiger partial charge in [-0.3, -0.25) is 19.2 Å². The zero-order valence-corrected chi connectivity index (χ0v) is 15.5. The van der Waals surface area contributed by atoms with Gasteiger partial charge in [0.25, 0.3) is 0 Å². The Hall–Kier alpha value is -2.38. The second-order valence-electron chi connectivity index (χ2n) is 6.24. The summed E-state index contributed by atoms with van der Waals surface area (Å²) in [7, 11) is 3.18. The van der Waals surface area contributed by atoms with Gasteiger partial charge in [-0.05, 0) is 12.1 Å². The van der Waals surface area contributed by atoms with Crippen LogP contribution in [-0.2, 0) is 27.9 Å². The summed E-state index contributed by atoms with van der Waals surface area (Å²) in [6.07, 6.45) is 1.95. The maximum Gasteiger partial charge on any atom is 0.307 e. The molecule has 1 fully saturated rings. The molecule has 7 nitrogen and oxygen atoms in total. The number of hydrogen-bond acceptors (Lipinski definition) is 5. The minimum absolute atomic E-state index is 0.0229. The zero-order valence-electron chi connectivity index (χ0n) is 14.7. The fourth-order valence-corrected chi connectivity index (χ4v) is 3.36. The smallest absolute Gasteiger partial charge is 0.307 e. The first-order chi connectivity index (χ1) is 12.5. The molecule has 26 heavy (non-hydrogen) atoms. The number of halogens is 1. The van der Waals surface area contributed by atoms with Crippen LogP contribution in [0.5, 0.6) is 0 Å². The number of esters is 1. The second kappa shape index (κ2) is 7.88. The van der Waals surface area contributed by atoms with E-state index in [0.717, 1.165) is 16.8 Å². The summed E-state index contributed by atoms with van der Waals surface area (Å²) in [6, 6.07) is 6.96. The molecular formula is C18H21ClN4O3. The van der Waals surface area contributed by atoms with Gasteiger partial charge in [0.1, 0.15) is 6.04 Å². The Morgan fingerprint density at radius 1 is 1.46 bits per heavy atom. The molecule has 0 saturated carbocycles. The molecule has 0 bridgehead atoms. The fourth-order valence-electron chi connectivity index (χ4n) is 3.17. The topological polar surface area (TPSA) is 76.5 Å². The molecule has 2 heterocycles. The van der Waals surface area contributed by atoms with Gasteiger partial charge >= 0.3 is 5.97 Å². The number of amides is 1. The third kappa shape index (κ3) is 4.05. The van der Waals surface area contributed by atoms with Crippen LogP contribution in [0, 0.1) is 0 Å². The van der Waals surface area contributed by atoms with Gasteiger partial charge in [0.15, 0.2) is 0 Å². The number of nitrogens with zero attached hydrogens (tertiary/aromatic N) is 3. The maximum absolute atomic E-state index is 12.3. The van der Waals surface area contributed by atoms with Crippen LogP contribution in [0.4, 0.5) is 0 Å². The molecule has 1 saturated heterocycles. The minimum atomic E-state index is -0.552. The van der Waals surface area contributed by atoms with Gasteiger partial charge < -0.3 is 10.1 Å². The molecule has 1 N–H and O–H groups in total. The van der Waals surface area contributed by atoms with Crippen LogP contribution in [0.25, 0.3) is 11.3 Å². The molecule has 0 spiro atoms. The van der Waals surface area contributed by atoms with Crippen molar-refractivity contribution in [2.75, 3.05) is 20.2 Å². The number of nitrogens with one attached hydrogen (secondary N) is 1. The van der Waals surface area contributed by atoms with Crippen molar-refractivity contribution in [1.82, 2.24) is 20.0 Å². The number of carbonyl (C=O) groups excluding carboxylic acids is 2.